The number of nitro benzene ring substituents is 1. The summed E-state index contributed by atoms with van der Waals surface area (Å²) in [6, 6.07) is 13.7. The quantitative estimate of drug-likeness (QED) is 0.168. The van der Waals surface area contributed by atoms with E-state index in [1.54, 1.807) is 17.0 Å². The van der Waals surface area contributed by atoms with Gasteiger partial charge in [0.25, 0.3) is 5.69 Å². The van der Waals surface area contributed by atoms with Crippen molar-refractivity contribution < 1.29 is 33.5 Å². The molecule has 1 saturated heterocycles. The van der Waals surface area contributed by atoms with E-state index in [2.05, 4.69) is 39.2 Å². The van der Waals surface area contributed by atoms with Crippen LogP contribution in [0.3, 0.4) is 0 Å². The molecule has 1 unspecified atom stereocenters. The lowest BCUT2D eigenvalue weighted by atomic mass is 9.56. The van der Waals surface area contributed by atoms with E-state index in [0.717, 1.165) is 11.1 Å². The van der Waals surface area contributed by atoms with Gasteiger partial charge in [-0.25, -0.2) is 9.59 Å². The number of fused-ring (bicyclic) bond motifs is 1. The number of rotatable bonds is 8. The molecular weight excluding hydrogens is 618 g/mol. The number of carbonyl (C=O) groups excluding carboxylic acids is 2. The lowest BCUT2D eigenvalue weighted by Crippen LogP contribution is -2.57. The third kappa shape index (κ3) is 7.33. The molecule has 1 aliphatic carbocycles. The van der Waals surface area contributed by atoms with Gasteiger partial charge in [-0.05, 0) is 81.4 Å². The fraction of sp³-hybridized carbons (Fsp3) is 0.543. The van der Waals surface area contributed by atoms with Gasteiger partial charge in [-0.3, -0.25) is 15.0 Å². The Labute approximate surface area is 279 Å². The Morgan fingerprint density at radius 1 is 1.09 bits per heavy atom. The molecule has 0 spiro atoms. The van der Waals surface area contributed by atoms with Crippen LogP contribution in [-0.4, -0.2) is 66.5 Å². The normalized spacial score (nSPS) is 23.0. The zero-order valence-electron chi connectivity index (χ0n) is 28.9. The zero-order valence-corrected chi connectivity index (χ0v) is 29.9. The van der Waals surface area contributed by atoms with Crippen LogP contribution in [0.2, 0.25) is 13.1 Å². The number of nitro groups is 1. The Bertz CT molecular complexity index is 1530. The van der Waals surface area contributed by atoms with Crippen molar-refractivity contribution >= 4 is 32.5 Å². The predicted octanol–water partition coefficient (Wildman–Crippen LogP) is 7.51. The van der Waals surface area contributed by atoms with Crippen molar-refractivity contribution in [1.29, 1.82) is 0 Å². The first-order chi connectivity index (χ1) is 21.8. The maximum Gasteiger partial charge on any atom is 0.411 e. The second-order valence-corrected chi connectivity index (χ2v) is 16.9. The van der Waals surface area contributed by atoms with Crippen molar-refractivity contribution in [2.45, 2.75) is 104 Å². The third-order valence-electron chi connectivity index (χ3n) is 9.26. The number of aliphatic hydroxyl groups excluding tert-OH is 1. The van der Waals surface area contributed by atoms with Crippen LogP contribution in [0.25, 0.3) is 5.57 Å². The van der Waals surface area contributed by atoms with E-state index in [1.165, 1.54) is 12.1 Å². The van der Waals surface area contributed by atoms with E-state index in [1.807, 2.05) is 52.0 Å². The van der Waals surface area contributed by atoms with E-state index in [4.69, 9.17) is 13.9 Å². The first-order valence-electron chi connectivity index (χ1n) is 15.9. The highest BCUT2D eigenvalue weighted by molar-refractivity contribution is 6.48. The average Bonchev–Trinajstić information content (AvgIpc) is 3.28. The minimum absolute atomic E-state index is 0.0437. The summed E-state index contributed by atoms with van der Waals surface area (Å²) in [5.74, 6) is 0.132. The van der Waals surface area contributed by atoms with Crippen molar-refractivity contribution in [2.75, 3.05) is 13.1 Å². The Kier molecular flexibility index (Phi) is 10.2. The smallest absolute Gasteiger partial charge is 0.411 e. The molecule has 255 valence electrons. The van der Waals surface area contributed by atoms with Crippen molar-refractivity contribution in [3.05, 3.63) is 81.1 Å². The first kappa shape index (κ1) is 35.9. The summed E-state index contributed by atoms with van der Waals surface area (Å²) < 4.78 is 17.9. The van der Waals surface area contributed by atoms with Crippen LogP contribution in [0.1, 0.15) is 78.0 Å². The standard InChI is InChI=1S/C35H48N3O8Si/c1-32(2,3)35(22-36-30(40)44-21-23-14-16-24(17-15-23)38(42)43)20-27(39)29(25-12-10-11-13-26(25)35)34(7)28(46-47(8)9)18-19-37(34)31(41)45-33(4,5)6/h10-17,28,39H,18-22H2,1-9H3,(H,36,40)/t28?,34-,35+/m1/s1. The molecule has 4 rings (SSSR count). The van der Waals surface area contributed by atoms with Gasteiger partial charge in [-0.15, -0.1) is 0 Å². The first-order valence-corrected chi connectivity index (χ1v) is 18.3. The Hall–Kier alpha value is -3.90. The molecule has 1 fully saturated rings. The van der Waals surface area contributed by atoms with Gasteiger partial charge in [-0.1, -0.05) is 45.0 Å². The maximum atomic E-state index is 13.7. The van der Waals surface area contributed by atoms with Crippen LogP contribution in [0.5, 0.6) is 0 Å². The van der Waals surface area contributed by atoms with Gasteiger partial charge in [0.1, 0.15) is 12.2 Å². The predicted molar refractivity (Wildman–Crippen MR) is 181 cm³/mol. The number of benzene rings is 2. The van der Waals surface area contributed by atoms with Crippen LogP contribution >= 0.6 is 0 Å². The van der Waals surface area contributed by atoms with Crippen LogP contribution in [0.15, 0.2) is 54.3 Å². The minimum Gasteiger partial charge on any atom is -0.512 e. The minimum atomic E-state index is -1.17. The van der Waals surface area contributed by atoms with Crippen molar-refractivity contribution in [2.24, 2.45) is 5.41 Å². The number of allylic oxidation sites excluding steroid dienone is 1. The Morgan fingerprint density at radius 3 is 2.30 bits per heavy atom. The fourth-order valence-electron chi connectivity index (χ4n) is 6.82. The number of hydrogen-bond donors (Lipinski definition) is 2. The number of alkyl carbamates (subject to hydrolysis) is 1. The lowest BCUT2D eigenvalue weighted by Gasteiger charge is -2.51. The zero-order chi connectivity index (χ0) is 34.9. The van der Waals surface area contributed by atoms with E-state index in [0.29, 0.717) is 24.1 Å². The molecule has 12 heteroatoms. The van der Waals surface area contributed by atoms with E-state index < -0.39 is 48.1 Å². The SMILES string of the molecule is C[Si](C)OC1CCN(C(=O)OC(C)(C)C)[C@@]1(C)C1=C(O)C[C@@](CNC(=O)OCc2ccc([N+](=O)[O-])cc2)(C(C)(C)C)c2ccccc21. The molecule has 2 aromatic rings. The lowest BCUT2D eigenvalue weighted by molar-refractivity contribution is -0.384. The highest BCUT2D eigenvalue weighted by atomic mass is 28.3. The van der Waals surface area contributed by atoms with E-state index in [-0.39, 0.29) is 37.1 Å². The molecule has 0 saturated carbocycles. The molecule has 47 heavy (non-hydrogen) atoms. The van der Waals surface area contributed by atoms with Crippen LogP contribution < -0.4 is 5.32 Å². The second-order valence-electron chi connectivity index (χ2n) is 14.8. The van der Waals surface area contributed by atoms with Crippen LogP contribution in [-0.2, 0) is 25.9 Å². The maximum absolute atomic E-state index is 13.7. The fourth-order valence-corrected chi connectivity index (χ4v) is 7.74. The number of carbonyl (C=O) groups is 2. The van der Waals surface area contributed by atoms with Crippen molar-refractivity contribution in [1.82, 2.24) is 10.2 Å². The van der Waals surface area contributed by atoms with Gasteiger partial charge in [-0.2, -0.15) is 0 Å². The number of hydrogen-bond acceptors (Lipinski definition) is 8. The van der Waals surface area contributed by atoms with Gasteiger partial charge in [0.15, 0.2) is 0 Å². The molecule has 0 aromatic heterocycles. The van der Waals surface area contributed by atoms with Gasteiger partial charge in [0.2, 0.25) is 9.04 Å². The average molecular weight is 667 g/mol. The number of non-ortho nitro benzene ring substituents is 1. The highest BCUT2D eigenvalue weighted by Gasteiger charge is 2.57. The van der Waals surface area contributed by atoms with Gasteiger partial charge in [0, 0.05) is 42.6 Å². The molecule has 2 aromatic carbocycles. The summed E-state index contributed by atoms with van der Waals surface area (Å²) in [5, 5.41) is 26.1. The molecule has 11 nitrogen and oxygen atoms in total. The van der Waals surface area contributed by atoms with Gasteiger partial charge in [0.05, 0.1) is 22.3 Å². The summed E-state index contributed by atoms with van der Waals surface area (Å²) in [4.78, 5) is 38.9. The summed E-state index contributed by atoms with van der Waals surface area (Å²) in [7, 11) is -1.17. The van der Waals surface area contributed by atoms with Gasteiger partial charge < -0.3 is 24.3 Å². The topological polar surface area (TPSA) is 140 Å². The summed E-state index contributed by atoms with van der Waals surface area (Å²) >= 11 is 0. The molecule has 2 N–H and O–H groups in total. The van der Waals surface area contributed by atoms with Crippen molar-refractivity contribution in [3.63, 3.8) is 0 Å². The second kappa shape index (κ2) is 13.3. The molecule has 2 aliphatic rings. The van der Waals surface area contributed by atoms with E-state index in [9.17, 15) is 24.8 Å². The highest BCUT2D eigenvalue weighted by Crippen LogP contribution is 2.56. The number of nitrogens with one attached hydrogen (secondary N) is 1. The molecule has 2 amide bonds. The molecule has 3 atom stereocenters. The monoisotopic (exact) mass is 666 g/mol. The number of nitrogens with zero attached hydrogens (tertiary/aromatic N) is 2. The van der Waals surface area contributed by atoms with E-state index >= 15 is 0 Å². The summed E-state index contributed by atoms with van der Waals surface area (Å²) in [6.07, 6.45) is -0.677. The third-order valence-corrected chi connectivity index (χ3v) is 10.0. The molecule has 1 radical (unpaired) electrons. The number of ether oxygens (including phenoxy) is 2. The number of aliphatic hydroxyl groups is 1. The Balaban J connectivity index is 1.70. The molecule has 1 aliphatic heterocycles. The molecule has 0 bridgehead atoms. The van der Waals surface area contributed by atoms with Crippen molar-refractivity contribution in [3.8, 4) is 0 Å². The summed E-state index contributed by atoms with van der Waals surface area (Å²) in [6.45, 7) is 18.3. The molecular formula is C35H48N3O8Si. The largest absolute Gasteiger partial charge is 0.512 e. The summed E-state index contributed by atoms with van der Waals surface area (Å²) in [5.41, 5.74) is -0.00339. The number of amides is 2. The van der Waals surface area contributed by atoms with Gasteiger partial charge >= 0.3 is 12.2 Å². The van der Waals surface area contributed by atoms with Crippen LogP contribution in [0, 0.1) is 15.5 Å². The Morgan fingerprint density at radius 2 is 1.72 bits per heavy atom. The number of likely N-dealkylation sites (tertiary alicyclic amines) is 1. The van der Waals surface area contributed by atoms with Crippen LogP contribution in [0.4, 0.5) is 15.3 Å². The molecule has 1 heterocycles.